The molecule has 0 bridgehead atoms. The average molecular weight is 1110 g/mol. The molecule has 13 rings (SSSR count). The Balaban J connectivity index is 1.20. The Morgan fingerprint density at radius 1 is 0.405 bits per heavy atom. The van der Waals surface area contributed by atoms with E-state index in [1.54, 1.807) is 0 Å². The van der Waals surface area contributed by atoms with Gasteiger partial charge in [-0.15, -0.1) is 4.49 Å². The number of hydrogen-bond acceptors (Lipinski definition) is 4. The van der Waals surface area contributed by atoms with Gasteiger partial charge in [-0.05, 0) is 191 Å². The minimum Gasteiger partial charge on any atom is -0.407 e. The van der Waals surface area contributed by atoms with Gasteiger partial charge in [0.15, 0.2) is 11.2 Å². The van der Waals surface area contributed by atoms with Crippen molar-refractivity contribution in [3.8, 4) is 22.3 Å². The van der Waals surface area contributed by atoms with Crippen LogP contribution >= 0.6 is 8.16 Å². The van der Waals surface area contributed by atoms with Crippen LogP contribution in [0.2, 0.25) is 0 Å². The van der Waals surface area contributed by atoms with Gasteiger partial charge in [0, 0.05) is 21.9 Å². The summed E-state index contributed by atoms with van der Waals surface area (Å²) in [7, 11) is -9.00. The van der Waals surface area contributed by atoms with Gasteiger partial charge in [-0.3, -0.25) is 0 Å². The van der Waals surface area contributed by atoms with Gasteiger partial charge in [0.25, 0.3) is 0 Å². The standard InChI is InChI=1S/C69H81F3NO4PS/c70-69(71,72)79(74,75)73-78-76-67-61(63-57(47-27-11-3-12-28-47)41-53(45-23-7-1-8-24-45)42-58(63)48-29-13-4-14-30-48)39-51-35-19-21-37-55(51)65(67)66-56-38-22-20-36-52(56)40-62(68(66)77-78)64-59(49-31-15-5-16-32-49)43-54(46-25-9-2-10-26-46)44-60(64)50-33-17-6-18-34-50/h19-22,35-50,73H,1-18,23-34H2. The molecule has 1 aromatic heterocycles. The van der Waals surface area contributed by atoms with E-state index in [-0.39, 0.29) is 0 Å². The minimum atomic E-state index is -5.97. The fourth-order valence-electron chi connectivity index (χ4n) is 16.4. The number of alkyl halides is 3. The fourth-order valence-corrected chi connectivity index (χ4v) is 18.7. The maximum Gasteiger partial charge on any atom is 0.512 e. The molecule has 6 fully saturated rings. The lowest BCUT2D eigenvalue weighted by Crippen LogP contribution is -2.28. The van der Waals surface area contributed by atoms with Crippen LogP contribution in [0.15, 0.2) is 93.3 Å². The summed E-state index contributed by atoms with van der Waals surface area (Å²) in [6.07, 6.45) is 34.9. The van der Waals surface area contributed by atoms with Crippen LogP contribution in [0.25, 0.3) is 65.7 Å². The van der Waals surface area contributed by atoms with E-state index < -0.39 is 23.7 Å². The third-order valence-corrected chi connectivity index (χ3v) is 23.3. The number of fused-ring (bicyclic) bond motifs is 7. The molecule has 6 aliphatic rings. The Morgan fingerprint density at radius 3 is 1.00 bits per heavy atom. The van der Waals surface area contributed by atoms with Crippen LogP contribution in [0.5, 0.6) is 0 Å². The molecule has 10 heteroatoms. The molecule has 418 valence electrons. The maximum atomic E-state index is 15.1. The largest absolute Gasteiger partial charge is 0.512 e. The zero-order chi connectivity index (χ0) is 53.7. The Hall–Kier alpha value is -4.56. The third-order valence-electron chi connectivity index (χ3n) is 20.4. The molecule has 0 atom stereocenters. The van der Waals surface area contributed by atoms with E-state index >= 15 is 13.2 Å². The van der Waals surface area contributed by atoms with Crippen molar-refractivity contribution >= 4 is 61.7 Å². The molecule has 0 spiro atoms. The number of sulfonamides is 1. The van der Waals surface area contributed by atoms with E-state index in [0.717, 1.165) is 157 Å². The summed E-state index contributed by atoms with van der Waals surface area (Å²) in [5.74, 6) is 2.18. The van der Waals surface area contributed by atoms with Crippen molar-refractivity contribution in [2.24, 2.45) is 0 Å². The van der Waals surface area contributed by atoms with Crippen molar-refractivity contribution in [3.63, 3.8) is 0 Å². The van der Waals surface area contributed by atoms with E-state index in [0.29, 0.717) is 46.7 Å². The topological polar surface area (TPSA) is 72.5 Å². The summed E-state index contributed by atoms with van der Waals surface area (Å²) in [5, 5.41) is 5.32. The van der Waals surface area contributed by atoms with Crippen molar-refractivity contribution in [2.45, 2.75) is 234 Å². The molecular weight excluding hydrogens is 1030 g/mol. The van der Waals surface area contributed by atoms with Crippen molar-refractivity contribution < 1.29 is 30.0 Å². The van der Waals surface area contributed by atoms with Crippen LogP contribution in [0.3, 0.4) is 0 Å². The Labute approximate surface area is 467 Å². The van der Waals surface area contributed by atoms with Crippen LogP contribution in [-0.2, 0) is 10.0 Å². The molecule has 1 N–H and O–H groups in total. The van der Waals surface area contributed by atoms with Crippen LogP contribution in [-0.4, -0.2) is 13.9 Å². The van der Waals surface area contributed by atoms with Crippen molar-refractivity contribution in [2.75, 3.05) is 4.49 Å². The van der Waals surface area contributed by atoms with E-state index in [9.17, 15) is 8.42 Å². The third kappa shape index (κ3) is 10.7. The summed E-state index contributed by atoms with van der Waals surface area (Å²) in [6, 6.07) is 31.5. The predicted molar refractivity (Wildman–Crippen MR) is 321 cm³/mol. The molecule has 0 saturated heterocycles. The molecule has 6 aliphatic carbocycles. The second-order valence-electron chi connectivity index (χ2n) is 25.3. The van der Waals surface area contributed by atoms with E-state index in [2.05, 4.69) is 77.3 Å². The number of nitrogens with one attached hydrogen (secondary N) is 1. The molecule has 0 amide bonds. The first-order valence-corrected chi connectivity index (χ1v) is 34.0. The van der Waals surface area contributed by atoms with Gasteiger partial charge in [0.1, 0.15) is 0 Å². The average Bonchev–Trinajstić information content (AvgIpc) is 3.99. The van der Waals surface area contributed by atoms with Crippen LogP contribution in [0.4, 0.5) is 13.2 Å². The highest BCUT2D eigenvalue weighted by atomic mass is 32.2. The summed E-state index contributed by atoms with van der Waals surface area (Å²) in [4.78, 5) is 0. The van der Waals surface area contributed by atoms with Crippen LogP contribution in [0, 0.1) is 0 Å². The summed E-state index contributed by atoms with van der Waals surface area (Å²) < 4.78 is 89.5. The lowest BCUT2D eigenvalue weighted by Gasteiger charge is -2.33. The lowest BCUT2D eigenvalue weighted by atomic mass is 9.71. The van der Waals surface area contributed by atoms with E-state index in [1.165, 1.54) is 123 Å². The number of hydrogen-bond donors (Lipinski definition) is 1. The normalized spacial score (nSPS) is 20.7. The Kier molecular flexibility index (Phi) is 15.6. The molecule has 6 saturated carbocycles. The van der Waals surface area contributed by atoms with Crippen molar-refractivity contribution in [1.29, 1.82) is 0 Å². The Morgan fingerprint density at radius 2 is 0.696 bits per heavy atom. The minimum absolute atomic E-state index is 0.303. The summed E-state index contributed by atoms with van der Waals surface area (Å²) in [6.45, 7) is 0. The molecule has 0 aliphatic heterocycles. The quantitative estimate of drug-likeness (QED) is 0.148. The van der Waals surface area contributed by atoms with Crippen LogP contribution in [0.1, 0.15) is 262 Å². The Bertz CT molecular complexity index is 3230. The molecular formula is C69H81F3NO4PS. The zero-order valence-electron chi connectivity index (χ0n) is 46.4. The van der Waals surface area contributed by atoms with Gasteiger partial charge in [0.2, 0.25) is 0 Å². The summed E-state index contributed by atoms with van der Waals surface area (Å²) in [5.41, 5.74) is 7.39. The highest BCUT2D eigenvalue weighted by Gasteiger charge is 2.47. The van der Waals surface area contributed by atoms with Crippen molar-refractivity contribution in [1.82, 2.24) is 0 Å². The molecule has 5 nitrogen and oxygen atoms in total. The van der Waals surface area contributed by atoms with Gasteiger partial charge >= 0.3 is 23.7 Å². The van der Waals surface area contributed by atoms with Gasteiger partial charge < -0.3 is 8.39 Å². The highest BCUT2D eigenvalue weighted by Crippen LogP contribution is 2.55. The lowest BCUT2D eigenvalue weighted by molar-refractivity contribution is -0.0428. The predicted octanol–water partition coefficient (Wildman–Crippen LogP) is 22.6. The number of benzene rings is 6. The first kappa shape index (κ1) is 53.7. The fraction of sp³-hybridized carbons (Fsp3) is 0.536. The first-order chi connectivity index (χ1) is 38.6. The molecule has 0 unspecified atom stereocenters. The highest BCUT2D eigenvalue weighted by molar-refractivity contribution is 7.98. The second-order valence-corrected chi connectivity index (χ2v) is 28.4. The molecule has 0 radical (unpaired) electrons. The second kappa shape index (κ2) is 23.0. The molecule has 1 heterocycles. The molecule has 7 aromatic rings. The smallest absolute Gasteiger partial charge is 0.407 e. The molecule has 79 heavy (non-hydrogen) atoms. The van der Waals surface area contributed by atoms with Crippen LogP contribution < -0.4 is 4.49 Å². The molecule has 6 aromatic carbocycles. The number of rotatable bonds is 10. The SMILES string of the molecule is O=S(=O)(Np1oc2c(-c3c(C4CCCCC4)cc(C4CCCCC4)cc3C3CCCCC3)cc3ccccc3c2c2c(o1)c(-c1c(C3CCCCC3)cc(C3CCCCC3)cc1C1CCCCC1)cc1ccccc12)C(F)(F)F. The van der Waals surface area contributed by atoms with E-state index in [4.69, 9.17) is 8.39 Å². The van der Waals surface area contributed by atoms with Gasteiger partial charge in [-0.2, -0.15) is 13.2 Å². The van der Waals surface area contributed by atoms with E-state index in [1.807, 2.05) is 12.1 Å². The van der Waals surface area contributed by atoms with Gasteiger partial charge in [-0.1, -0.05) is 188 Å². The van der Waals surface area contributed by atoms with Crippen molar-refractivity contribution in [3.05, 3.63) is 118 Å². The monoisotopic (exact) mass is 1110 g/mol. The number of halogens is 3. The summed E-state index contributed by atoms with van der Waals surface area (Å²) >= 11 is 0. The van der Waals surface area contributed by atoms with Gasteiger partial charge in [-0.25, -0.2) is 8.42 Å². The first-order valence-electron chi connectivity index (χ1n) is 31.3. The maximum absolute atomic E-state index is 15.1. The zero-order valence-corrected chi connectivity index (χ0v) is 48.1. The van der Waals surface area contributed by atoms with Gasteiger partial charge in [0.05, 0.1) is 0 Å².